The molecule has 2 rings (SSSR count). The molecule has 1 aromatic carbocycles. The van der Waals surface area contributed by atoms with Crippen LogP contribution in [0.2, 0.25) is 0 Å². The third-order valence-corrected chi connectivity index (χ3v) is 3.35. The van der Waals surface area contributed by atoms with E-state index < -0.39 is 0 Å². The summed E-state index contributed by atoms with van der Waals surface area (Å²) in [6.45, 7) is 2.30. The number of carbonyl (C=O) groups is 1. The summed E-state index contributed by atoms with van der Waals surface area (Å²) < 4.78 is 12.9. The van der Waals surface area contributed by atoms with Crippen LogP contribution in [-0.4, -0.2) is 24.2 Å². The van der Waals surface area contributed by atoms with Crippen LogP contribution in [0.5, 0.6) is 0 Å². The maximum Gasteiger partial charge on any atom is 0.251 e. The first kappa shape index (κ1) is 12.0. The Kier molecular flexibility index (Phi) is 3.15. The topological polar surface area (TPSA) is 49.3 Å². The number of carbonyl (C=O) groups excluding carboxylic acids is 1. The van der Waals surface area contributed by atoms with Crippen LogP contribution < -0.4 is 5.32 Å². The molecule has 1 aliphatic carbocycles. The summed E-state index contributed by atoms with van der Waals surface area (Å²) in [6.07, 6.45) is 1.90. The Morgan fingerprint density at radius 2 is 2.24 bits per heavy atom. The summed E-state index contributed by atoms with van der Waals surface area (Å²) in [6, 6.07) is 4.10. The molecule has 1 saturated carbocycles. The average molecular weight is 237 g/mol. The van der Waals surface area contributed by atoms with Crippen LogP contribution in [-0.2, 0) is 0 Å². The van der Waals surface area contributed by atoms with Crippen molar-refractivity contribution >= 4 is 5.91 Å². The van der Waals surface area contributed by atoms with E-state index in [9.17, 15) is 9.18 Å². The standard InChI is InChI=1S/C13H16FNO2/c1-9-6-10(14)2-3-11(9)12(17)15-7-13(8-16)4-5-13/h2-3,6,16H,4-5,7-8H2,1H3,(H,15,17). The molecular formula is C13H16FNO2. The fourth-order valence-electron chi connectivity index (χ4n) is 1.81. The van der Waals surface area contributed by atoms with E-state index in [1.807, 2.05) is 0 Å². The molecule has 0 spiro atoms. The Bertz CT molecular complexity index is 441. The van der Waals surface area contributed by atoms with Gasteiger partial charge < -0.3 is 10.4 Å². The number of aryl methyl sites for hydroxylation is 1. The van der Waals surface area contributed by atoms with Crippen molar-refractivity contribution in [2.45, 2.75) is 19.8 Å². The van der Waals surface area contributed by atoms with E-state index in [2.05, 4.69) is 5.32 Å². The monoisotopic (exact) mass is 237 g/mol. The third kappa shape index (κ3) is 2.64. The van der Waals surface area contributed by atoms with Crippen molar-refractivity contribution in [2.75, 3.05) is 13.2 Å². The molecule has 0 atom stereocenters. The quantitative estimate of drug-likeness (QED) is 0.836. The molecule has 92 valence electrons. The van der Waals surface area contributed by atoms with Gasteiger partial charge in [-0.1, -0.05) is 0 Å². The van der Waals surface area contributed by atoms with Crippen LogP contribution >= 0.6 is 0 Å². The van der Waals surface area contributed by atoms with E-state index in [0.717, 1.165) is 12.8 Å². The molecule has 0 aliphatic heterocycles. The maximum atomic E-state index is 12.9. The SMILES string of the molecule is Cc1cc(F)ccc1C(=O)NCC1(CO)CC1. The van der Waals surface area contributed by atoms with Gasteiger partial charge in [0.05, 0.1) is 6.61 Å². The van der Waals surface area contributed by atoms with Gasteiger partial charge in [0, 0.05) is 17.5 Å². The summed E-state index contributed by atoms with van der Waals surface area (Å²) in [5, 5.41) is 11.9. The number of hydrogen-bond donors (Lipinski definition) is 2. The van der Waals surface area contributed by atoms with E-state index in [1.54, 1.807) is 6.92 Å². The summed E-state index contributed by atoms with van der Waals surface area (Å²) in [4.78, 5) is 11.9. The molecule has 0 unspecified atom stereocenters. The van der Waals surface area contributed by atoms with Crippen molar-refractivity contribution in [1.29, 1.82) is 0 Å². The summed E-state index contributed by atoms with van der Waals surface area (Å²) >= 11 is 0. The van der Waals surface area contributed by atoms with Gasteiger partial charge in [-0.05, 0) is 43.5 Å². The van der Waals surface area contributed by atoms with Gasteiger partial charge in [0.2, 0.25) is 0 Å². The number of halogens is 1. The summed E-state index contributed by atoms with van der Waals surface area (Å²) in [7, 11) is 0. The summed E-state index contributed by atoms with van der Waals surface area (Å²) in [5.74, 6) is -0.546. The minimum Gasteiger partial charge on any atom is -0.396 e. The first-order valence-electron chi connectivity index (χ1n) is 5.72. The van der Waals surface area contributed by atoms with E-state index in [-0.39, 0.29) is 23.7 Å². The van der Waals surface area contributed by atoms with E-state index in [4.69, 9.17) is 5.11 Å². The molecule has 0 heterocycles. The highest BCUT2D eigenvalue weighted by Crippen LogP contribution is 2.44. The molecule has 2 N–H and O–H groups in total. The van der Waals surface area contributed by atoms with Gasteiger partial charge in [-0.15, -0.1) is 0 Å². The van der Waals surface area contributed by atoms with Gasteiger partial charge in [-0.3, -0.25) is 4.79 Å². The Morgan fingerprint density at radius 3 is 2.76 bits per heavy atom. The molecule has 0 bridgehead atoms. The molecule has 0 aromatic heterocycles. The smallest absolute Gasteiger partial charge is 0.251 e. The molecular weight excluding hydrogens is 221 g/mol. The zero-order valence-corrected chi connectivity index (χ0v) is 9.79. The van der Waals surface area contributed by atoms with Gasteiger partial charge >= 0.3 is 0 Å². The zero-order chi connectivity index (χ0) is 12.5. The number of benzene rings is 1. The normalized spacial score (nSPS) is 16.6. The van der Waals surface area contributed by atoms with Crippen LogP contribution in [0.15, 0.2) is 18.2 Å². The van der Waals surface area contributed by atoms with Crippen LogP contribution in [0.4, 0.5) is 4.39 Å². The van der Waals surface area contributed by atoms with Crippen molar-refractivity contribution in [1.82, 2.24) is 5.32 Å². The van der Waals surface area contributed by atoms with E-state index in [0.29, 0.717) is 17.7 Å². The number of rotatable bonds is 4. The second-order valence-corrected chi connectivity index (χ2v) is 4.80. The lowest BCUT2D eigenvalue weighted by Gasteiger charge is -2.13. The predicted molar refractivity (Wildman–Crippen MR) is 62.2 cm³/mol. The Balaban J connectivity index is 2.00. The Morgan fingerprint density at radius 1 is 1.53 bits per heavy atom. The molecule has 1 aromatic rings. The third-order valence-electron chi connectivity index (χ3n) is 3.35. The first-order valence-corrected chi connectivity index (χ1v) is 5.72. The number of nitrogens with one attached hydrogen (secondary N) is 1. The molecule has 17 heavy (non-hydrogen) atoms. The number of aliphatic hydroxyl groups is 1. The van der Waals surface area contributed by atoms with Crippen molar-refractivity contribution in [3.8, 4) is 0 Å². The lowest BCUT2D eigenvalue weighted by atomic mass is 10.1. The fourth-order valence-corrected chi connectivity index (χ4v) is 1.81. The van der Waals surface area contributed by atoms with Crippen molar-refractivity contribution in [3.05, 3.63) is 35.1 Å². The molecule has 1 aliphatic rings. The maximum absolute atomic E-state index is 12.9. The summed E-state index contributed by atoms with van der Waals surface area (Å²) in [5.41, 5.74) is 1.00. The highest BCUT2D eigenvalue weighted by Gasteiger charge is 2.42. The lowest BCUT2D eigenvalue weighted by molar-refractivity contribution is 0.0934. The largest absolute Gasteiger partial charge is 0.396 e. The van der Waals surface area contributed by atoms with Crippen LogP contribution in [0.1, 0.15) is 28.8 Å². The zero-order valence-electron chi connectivity index (χ0n) is 9.79. The minimum atomic E-state index is -0.340. The molecule has 4 heteroatoms. The van der Waals surface area contributed by atoms with Crippen LogP contribution in [0.25, 0.3) is 0 Å². The highest BCUT2D eigenvalue weighted by molar-refractivity contribution is 5.95. The van der Waals surface area contributed by atoms with Gasteiger partial charge in [0.15, 0.2) is 0 Å². The van der Waals surface area contributed by atoms with Gasteiger partial charge in [0.25, 0.3) is 5.91 Å². The minimum absolute atomic E-state index is 0.107. The van der Waals surface area contributed by atoms with Gasteiger partial charge in [0.1, 0.15) is 5.82 Å². The first-order chi connectivity index (χ1) is 8.06. The van der Waals surface area contributed by atoms with Crippen molar-refractivity contribution in [3.63, 3.8) is 0 Å². The second kappa shape index (κ2) is 4.45. The second-order valence-electron chi connectivity index (χ2n) is 4.80. The number of aliphatic hydroxyl groups excluding tert-OH is 1. The van der Waals surface area contributed by atoms with Crippen LogP contribution in [0.3, 0.4) is 0 Å². The molecule has 0 radical (unpaired) electrons. The average Bonchev–Trinajstić information content (AvgIpc) is 3.07. The van der Waals surface area contributed by atoms with Gasteiger partial charge in [-0.2, -0.15) is 0 Å². The Hall–Kier alpha value is -1.42. The van der Waals surface area contributed by atoms with Gasteiger partial charge in [-0.25, -0.2) is 4.39 Å². The molecule has 0 saturated heterocycles. The Labute approximate surface area is 99.7 Å². The number of amides is 1. The highest BCUT2D eigenvalue weighted by atomic mass is 19.1. The lowest BCUT2D eigenvalue weighted by Crippen LogP contribution is -2.32. The van der Waals surface area contributed by atoms with Crippen LogP contribution in [0, 0.1) is 18.2 Å². The molecule has 1 fully saturated rings. The van der Waals surface area contributed by atoms with E-state index >= 15 is 0 Å². The van der Waals surface area contributed by atoms with Crippen molar-refractivity contribution in [2.24, 2.45) is 5.41 Å². The molecule has 1 amide bonds. The van der Waals surface area contributed by atoms with E-state index in [1.165, 1.54) is 18.2 Å². The molecule has 3 nitrogen and oxygen atoms in total. The predicted octanol–water partition coefficient (Wildman–Crippen LogP) is 1.64. The van der Waals surface area contributed by atoms with Crippen molar-refractivity contribution < 1.29 is 14.3 Å². The fraction of sp³-hybridized carbons (Fsp3) is 0.462. The number of hydrogen-bond acceptors (Lipinski definition) is 2.